The number of aryl methyl sites for hydroxylation is 1. The lowest BCUT2D eigenvalue weighted by molar-refractivity contribution is -0.119. The molecule has 254 valence electrons. The Hall–Kier alpha value is -4.61. The highest BCUT2D eigenvalue weighted by atomic mass is 19.1. The van der Waals surface area contributed by atoms with E-state index in [9.17, 15) is 18.8 Å². The maximum Gasteiger partial charge on any atom is 0.407 e. The standard InChI is InChI=1S/C36H43FN6O5/c1-21-28-11-10-25(34(45)41-18-26(37)14-27(19-41)39-35(46)48-36(2,3)4)17-43(28)40-32(21)29-13-24-6-5-7-30(33(24)42(29)16-22-8-9-22)47-20-23-12-31(44)38-15-23/h5-7,10-11,13,17,22-23,26-27H,8-9,12,14-16,18-20H2,1-4H3,(H,38,44)(H,39,46)/t23?,26-,27-/m1/s1. The number of alkyl halides is 1. The molecule has 1 aliphatic carbocycles. The highest BCUT2D eigenvalue weighted by Crippen LogP contribution is 2.40. The molecule has 3 aromatic heterocycles. The highest BCUT2D eigenvalue weighted by Gasteiger charge is 2.33. The summed E-state index contributed by atoms with van der Waals surface area (Å²) in [7, 11) is 0. The number of nitrogens with one attached hydrogen (secondary N) is 2. The van der Waals surface area contributed by atoms with Crippen LogP contribution in [-0.2, 0) is 16.1 Å². The number of aromatic nitrogens is 3. The summed E-state index contributed by atoms with van der Waals surface area (Å²) in [5.41, 5.74) is 4.36. The monoisotopic (exact) mass is 658 g/mol. The topological polar surface area (TPSA) is 119 Å². The van der Waals surface area contributed by atoms with E-state index in [0.717, 1.165) is 45.7 Å². The molecular weight excluding hydrogens is 615 g/mol. The van der Waals surface area contributed by atoms with Crippen LogP contribution in [0.4, 0.5) is 9.18 Å². The average Bonchev–Trinajstić information content (AvgIpc) is 3.49. The van der Waals surface area contributed by atoms with Crippen LogP contribution in [-0.4, -0.2) is 81.0 Å². The van der Waals surface area contributed by atoms with Crippen LogP contribution in [0.25, 0.3) is 27.8 Å². The number of rotatable bonds is 8. The predicted octanol–water partition coefficient (Wildman–Crippen LogP) is 5.27. The minimum Gasteiger partial charge on any atom is -0.491 e. The van der Waals surface area contributed by atoms with Crippen molar-refractivity contribution >= 4 is 34.3 Å². The van der Waals surface area contributed by atoms with Crippen LogP contribution < -0.4 is 15.4 Å². The van der Waals surface area contributed by atoms with E-state index in [2.05, 4.69) is 27.3 Å². The summed E-state index contributed by atoms with van der Waals surface area (Å²) in [5.74, 6) is 1.26. The van der Waals surface area contributed by atoms with E-state index in [1.54, 1.807) is 37.5 Å². The van der Waals surface area contributed by atoms with Gasteiger partial charge in [-0.2, -0.15) is 5.10 Å². The van der Waals surface area contributed by atoms with Gasteiger partial charge in [0.25, 0.3) is 5.91 Å². The van der Waals surface area contributed by atoms with E-state index in [1.807, 2.05) is 25.1 Å². The first-order chi connectivity index (χ1) is 22.9. The van der Waals surface area contributed by atoms with Crippen molar-refractivity contribution in [1.82, 2.24) is 29.7 Å². The Kier molecular flexibility index (Phi) is 8.29. The lowest BCUT2D eigenvalue weighted by atomic mass is 10.0. The Balaban J connectivity index is 1.16. The fraction of sp³-hybridized carbons (Fsp3) is 0.500. The molecule has 0 bridgehead atoms. The summed E-state index contributed by atoms with van der Waals surface area (Å²) in [6.07, 6.45) is 2.75. The number of hydrogen-bond donors (Lipinski definition) is 2. The molecular formula is C36H43FN6O5. The summed E-state index contributed by atoms with van der Waals surface area (Å²) in [6.45, 7) is 9.39. The van der Waals surface area contributed by atoms with Crippen molar-refractivity contribution in [3.63, 3.8) is 0 Å². The smallest absolute Gasteiger partial charge is 0.407 e. The molecule has 2 aliphatic heterocycles. The molecule has 3 aliphatic rings. The van der Waals surface area contributed by atoms with Gasteiger partial charge >= 0.3 is 6.09 Å². The van der Waals surface area contributed by atoms with Gasteiger partial charge in [0.15, 0.2) is 0 Å². The zero-order chi connectivity index (χ0) is 33.7. The quantitative estimate of drug-likeness (QED) is 0.267. The highest BCUT2D eigenvalue weighted by molar-refractivity contribution is 5.95. The van der Waals surface area contributed by atoms with E-state index in [0.29, 0.717) is 31.1 Å². The molecule has 0 spiro atoms. The van der Waals surface area contributed by atoms with Crippen LogP contribution >= 0.6 is 0 Å². The summed E-state index contributed by atoms with van der Waals surface area (Å²) < 4.78 is 30.5. The molecule has 1 saturated carbocycles. The van der Waals surface area contributed by atoms with Gasteiger partial charge in [0.05, 0.1) is 41.5 Å². The fourth-order valence-electron chi connectivity index (χ4n) is 6.85. The van der Waals surface area contributed by atoms with Crippen molar-refractivity contribution in [1.29, 1.82) is 0 Å². The number of piperidine rings is 1. The number of para-hydroxylation sites is 1. The van der Waals surface area contributed by atoms with Gasteiger partial charge in [0.2, 0.25) is 5.91 Å². The molecule has 3 atom stereocenters. The largest absolute Gasteiger partial charge is 0.491 e. The van der Waals surface area contributed by atoms with Gasteiger partial charge < -0.3 is 29.6 Å². The molecule has 3 amide bonds. The number of pyridine rings is 1. The molecule has 2 N–H and O–H groups in total. The number of alkyl carbamates (subject to hydrolysis) is 1. The number of fused-ring (bicyclic) bond motifs is 2. The first kappa shape index (κ1) is 32.0. The zero-order valence-corrected chi connectivity index (χ0v) is 27.9. The second-order valence-corrected chi connectivity index (χ2v) is 14.6. The Morgan fingerprint density at radius 3 is 2.67 bits per heavy atom. The van der Waals surface area contributed by atoms with E-state index >= 15 is 0 Å². The second kappa shape index (κ2) is 12.4. The molecule has 7 rings (SSSR count). The van der Waals surface area contributed by atoms with Crippen molar-refractivity contribution in [3.8, 4) is 17.1 Å². The number of carbonyl (C=O) groups excluding carboxylic acids is 3. The number of ether oxygens (including phenoxy) is 2. The molecule has 0 radical (unpaired) electrons. The summed E-state index contributed by atoms with van der Waals surface area (Å²) in [6, 6.07) is 11.3. The van der Waals surface area contributed by atoms with E-state index in [-0.39, 0.29) is 37.2 Å². The van der Waals surface area contributed by atoms with Crippen molar-refractivity contribution in [2.45, 2.75) is 77.7 Å². The SMILES string of the molecule is Cc1c(-c2cc3cccc(OCC4CNC(=O)C4)c3n2CC2CC2)nn2cc(C(=O)N3C[C@H](F)C[C@@H](NC(=O)OC(C)(C)C)C3)ccc12. The fourth-order valence-corrected chi connectivity index (χ4v) is 6.85. The molecule has 1 aromatic carbocycles. The van der Waals surface area contributed by atoms with Crippen LogP contribution in [0.5, 0.6) is 5.75 Å². The average molecular weight is 659 g/mol. The number of carbonyl (C=O) groups is 3. The Morgan fingerprint density at radius 2 is 1.94 bits per heavy atom. The summed E-state index contributed by atoms with van der Waals surface area (Å²) >= 11 is 0. The molecule has 3 fully saturated rings. The number of likely N-dealkylation sites (tertiary alicyclic amines) is 1. The second-order valence-electron chi connectivity index (χ2n) is 14.6. The van der Waals surface area contributed by atoms with E-state index in [1.165, 1.54) is 17.7 Å². The van der Waals surface area contributed by atoms with Gasteiger partial charge in [-0.1, -0.05) is 12.1 Å². The van der Waals surface area contributed by atoms with Gasteiger partial charge in [-0.25, -0.2) is 13.7 Å². The lowest BCUT2D eigenvalue weighted by Gasteiger charge is -2.35. The molecule has 12 heteroatoms. The first-order valence-corrected chi connectivity index (χ1v) is 16.9. The molecule has 11 nitrogen and oxygen atoms in total. The molecule has 48 heavy (non-hydrogen) atoms. The maximum atomic E-state index is 14.8. The minimum atomic E-state index is -1.27. The van der Waals surface area contributed by atoms with Crippen LogP contribution in [0.1, 0.15) is 62.4 Å². The third-order valence-electron chi connectivity index (χ3n) is 9.33. The summed E-state index contributed by atoms with van der Waals surface area (Å²) in [5, 5.41) is 11.7. The predicted molar refractivity (Wildman–Crippen MR) is 179 cm³/mol. The molecule has 2 saturated heterocycles. The number of halogens is 1. The molecule has 1 unspecified atom stereocenters. The van der Waals surface area contributed by atoms with Crippen molar-refractivity contribution in [2.75, 3.05) is 26.2 Å². The Bertz CT molecular complexity index is 1890. The summed E-state index contributed by atoms with van der Waals surface area (Å²) in [4.78, 5) is 39.2. The van der Waals surface area contributed by atoms with Crippen molar-refractivity contribution in [2.24, 2.45) is 11.8 Å². The number of hydrogen-bond acceptors (Lipinski definition) is 6. The number of nitrogens with zero attached hydrogens (tertiary/aromatic N) is 4. The number of benzene rings is 1. The normalized spacial score (nSPS) is 21.5. The van der Waals surface area contributed by atoms with Crippen LogP contribution in [0.3, 0.4) is 0 Å². The van der Waals surface area contributed by atoms with Crippen LogP contribution in [0, 0.1) is 18.8 Å². The van der Waals surface area contributed by atoms with Crippen molar-refractivity contribution in [3.05, 3.63) is 53.7 Å². The van der Waals surface area contributed by atoms with Gasteiger partial charge in [0, 0.05) is 55.5 Å². The van der Waals surface area contributed by atoms with E-state index in [4.69, 9.17) is 14.6 Å². The minimum absolute atomic E-state index is 0.0496. The first-order valence-electron chi connectivity index (χ1n) is 16.9. The molecule has 4 aromatic rings. The van der Waals surface area contributed by atoms with Crippen LogP contribution in [0.2, 0.25) is 0 Å². The third-order valence-corrected chi connectivity index (χ3v) is 9.33. The van der Waals surface area contributed by atoms with Gasteiger partial charge in [-0.3, -0.25) is 9.59 Å². The van der Waals surface area contributed by atoms with Gasteiger partial charge in [-0.15, -0.1) is 0 Å². The maximum absolute atomic E-state index is 14.8. The van der Waals surface area contributed by atoms with Crippen LogP contribution in [0.15, 0.2) is 42.6 Å². The van der Waals surface area contributed by atoms with E-state index < -0.39 is 23.9 Å². The van der Waals surface area contributed by atoms with Crippen molar-refractivity contribution < 1.29 is 28.2 Å². The third kappa shape index (κ3) is 6.70. The number of amides is 3. The Labute approximate surface area is 278 Å². The van der Waals surface area contributed by atoms with Gasteiger partial charge in [-0.05, 0) is 70.7 Å². The lowest BCUT2D eigenvalue weighted by Crippen LogP contribution is -2.54. The Morgan fingerprint density at radius 1 is 1.12 bits per heavy atom. The zero-order valence-electron chi connectivity index (χ0n) is 27.9. The van der Waals surface area contributed by atoms with Gasteiger partial charge in [0.1, 0.15) is 23.2 Å². The molecule has 5 heterocycles.